The number of aryl methyl sites for hydroxylation is 2. The van der Waals surface area contributed by atoms with Crippen LogP contribution in [0.2, 0.25) is 0 Å². The fourth-order valence-electron chi connectivity index (χ4n) is 3.67. The molecule has 1 aliphatic rings. The Balaban J connectivity index is 1.52. The van der Waals surface area contributed by atoms with Crippen LogP contribution < -0.4 is 5.69 Å². The third kappa shape index (κ3) is 4.60. The highest BCUT2D eigenvalue weighted by Gasteiger charge is 2.28. The molecule has 1 N–H and O–H groups in total. The van der Waals surface area contributed by atoms with Crippen molar-refractivity contribution in [2.45, 2.75) is 45.8 Å². The normalized spacial score (nSPS) is 16.3. The van der Waals surface area contributed by atoms with E-state index in [1.165, 1.54) is 0 Å². The van der Waals surface area contributed by atoms with Gasteiger partial charge in [-0.25, -0.2) is 4.79 Å². The summed E-state index contributed by atoms with van der Waals surface area (Å²) in [4.78, 5) is 34.5. The molecule has 2 aromatic heterocycles. The molecule has 1 saturated heterocycles. The van der Waals surface area contributed by atoms with Gasteiger partial charge in [0.1, 0.15) is 0 Å². The fraction of sp³-hybridized carbons (Fsp3) is 0.500. The molecule has 7 heteroatoms. The van der Waals surface area contributed by atoms with Gasteiger partial charge in [-0.15, -0.1) is 0 Å². The van der Waals surface area contributed by atoms with E-state index < -0.39 is 6.10 Å². The molecule has 3 heterocycles. The van der Waals surface area contributed by atoms with Gasteiger partial charge in [-0.3, -0.25) is 14.3 Å². The Morgan fingerprint density at radius 1 is 1.30 bits per heavy atom. The van der Waals surface area contributed by atoms with Crippen LogP contribution in [0.4, 0.5) is 0 Å². The lowest BCUT2D eigenvalue weighted by molar-refractivity contribution is -0.133. The molecule has 1 unspecified atom stereocenters. The van der Waals surface area contributed by atoms with Crippen LogP contribution in [0.5, 0.6) is 0 Å². The molecule has 1 amide bonds. The van der Waals surface area contributed by atoms with Crippen molar-refractivity contribution in [3.05, 3.63) is 58.0 Å². The summed E-state index contributed by atoms with van der Waals surface area (Å²) in [7, 11) is 0. The number of aliphatic hydroxyl groups excluding tert-OH is 1. The first kappa shape index (κ1) is 19.2. The zero-order valence-corrected chi connectivity index (χ0v) is 15.8. The smallest absolute Gasteiger partial charge is 0.347 e. The summed E-state index contributed by atoms with van der Waals surface area (Å²) in [6.07, 6.45) is 2.85. The summed E-state index contributed by atoms with van der Waals surface area (Å²) >= 11 is 0. The van der Waals surface area contributed by atoms with Crippen LogP contribution in [0.3, 0.4) is 0 Å². The predicted octanol–water partition coefficient (Wildman–Crippen LogP) is 1.62. The Morgan fingerprint density at radius 2 is 2.04 bits per heavy atom. The van der Waals surface area contributed by atoms with Gasteiger partial charge in [-0.2, -0.15) is 4.98 Å². The molecule has 0 spiro atoms. The minimum absolute atomic E-state index is 0.0349. The summed E-state index contributed by atoms with van der Waals surface area (Å²) in [5, 5.41) is 10.5. The van der Waals surface area contributed by atoms with E-state index in [1.807, 2.05) is 36.1 Å². The van der Waals surface area contributed by atoms with Gasteiger partial charge in [0.25, 0.3) is 0 Å². The number of nitrogens with zero attached hydrogens (tertiary/aromatic N) is 4. The molecule has 0 bridgehead atoms. The number of piperidine rings is 1. The second-order valence-electron chi connectivity index (χ2n) is 7.14. The van der Waals surface area contributed by atoms with Gasteiger partial charge >= 0.3 is 5.69 Å². The van der Waals surface area contributed by atoms with Crippen molar-refractivity contribution in [1.82, 2.24) is 19.4 Å². The highest BCUT2D eigenvalue weighted by molar-refractivity contribution is 5.76. The molecule has 0 saturated carbocycles. The molecule has 1 atom stereocenters. The predicted molar refractivity (Wildman–Crippen MR) is 101 cm³/mol. The van der Waals surface area contributed by atoms with Crippen LogP contribution in [0.1, 0.15) is 42.4 Å². The van der Waals surface area contributed by atoms with Gasteiger partial charge < -0.3 is 10.0 Å². The van der Waals surface area contributed by atoms with E-state index in [-0.39, 0.29) is 23.9 Å². The third-order valence-electron chi connectivity index (χ3n) is 5.23. The number of aliphatic hydroxyl groups is 1. The summed E-state index contributed by atoms with van der Waals surface area (Å²) < 4.78 is 1.54. The van der Waals surface area contributed by atoms with E-state index in [1.54, 1.807) is 17.7 Å². The first-order valence-corrected chi connectivity index (χ1v) is 9.37. The Bertz CT molecular complexity index is 842. The van der Waals surface area contributed by atoms with E-state index in [2.05, 4.69) is 9.97 Å². The van der Waals surface area contributed by atoms with Crippen molar-refractivity contribution in [1.29, 1.82) is 0 Å². The van der Waals surface area contributed by atoms with Crippen molar-refractivity contribution >= 4 is 5.91 Å². The van der Waals surface area contributed by atoms with Gasteiger partial charge in [-0.1, -0.05) is 6.07 Å². The summed E-state index contributed by atoms with van der Waals surface area (Å²) in [6.45, 7) is 5.21. The zero-order valence-electron chi connectivity index (χ0n) is 15.8. The SMILES string of the molecule is Cc1cc(C)n(CCC(=O)N2CCC(C(O)c3ccccn3)CC2)c(=O)n1. The second-order valence-corrected chi connectivity index (χ2v) is 7.14. The minimum atomic E-state index is -0.594. The van der Waals surface area contributed by atoms with E-state index in [0.29, 0.717) is 31.0 Å². The first-order valence-electron chi connectivity index (χ1n) is 9.37. The van der Waals surface area contributed by atoms with Crippen LogP contribution in [-0.4, -0.2) is 43.5 Å². The number of carbonyl (C=O) groups is 1. The maximum absolute atomic E-state index is 12.5. The molecular weight excluding hydrogens is 344 g/mol. The number of amides is 1. The van der Waals surface area contributed by atoms with Crippen LogP contribution in [0.25, 0.3) is 0 Å². The molecule has 0 aromatic carbocycles. The van der Waals surface area contributed by atoms with Gasteiger partial charge in [0.15, 0.2) is 0 Å². The average Bonchev–Trinajstić information content (AvgIpc) is 2.67. The van der Waals surface area contributed by atoms with Crippen molar-refractivity contribution in [3.63, 3.8) is 0 Å². The Hall–Kier alpha value is -2.54. The Kier molecular flexibility index (Phi) is 6.01. The standard InChI is InChI=1S/C20H26N4O3/c1-14-13-15(2)24(20(27)22-14)12-8-18(25)23-10-6-16(7-11-23)19(26)17-5-3-4-9-21-17/h3-5,9,13,16,19,26H,6-8,10-12H2,1-2H3. The quantitative estimate of drug-likeness (QED) is 0.864. The number of carbonyl (C=O) groups excluding carboxylic acids is 1. The number of likely N-dealkylation sites (tertiary alicyclic amines) is 1. The van der Waals surface area contributed by atoms with Crippen molar-refractivity contribution in [2.75, 3.05) is 13.1 Å². The summed E-state index contributed by atoms with van der Waals surface area (Å²) in [6, 6.07) is 7.37. The van der Waals surface area contributed by atoms with E-state index in [0.717, 1.165) is 18.5 Å². The van der Waals surface area contributed by atoms with Gasteiger partial charge in [-0.05, 0) is 50.8 Å². The fourth-order valence-corrected chi connectivity index (χ4v) is 3.67. The Morgan fingerprint density at radius 3 is 2.67 bits per heavy atom. The van der Waals surface area contributed by atoms with Crippen LogP contribution in [0.15, 0.2) is 35.3 Å². The number of aromatic nitrogens is 3. The van der Waals surface area contributed by atoms with E-state index in [4.69, 9.17) is 0 Å². The van der Waals surface area contributed by atoms with E-state index >= 15 is 0 Å². The molecule has 3 rings (SSSR count). The molecule has 144 valence electrons. The number of hydrogen-bond donors (Lipinski definition) is 1. The highest BCUT2D eigenvalue weighted by atomic mass is 16.3. The molecule has 1 fully saturated rings. The average molecular weight is 370 g/mol. The van der Waals surface area contributed by atoms with Crippen LogP contribution in [0, 0.1) is 19.8 Å². The molecule has 2 aromatic rings. The molecule has 0 aliphatic carbocycles. The summed E-state index contributed by atoms with van der Waals surface area (Å²) in [5.41, 5.74) is 1.88. The van der Waals surface area contributed by atoms with Gasteiger partial charge in [0.05, 0.1) is 11.8 Å². The number of hydrogen-bond acceptors (Lipinski definition) is 5. The third-order valence-corrected chi connectivity index (χ3v) is 5.23. The zero-order chi connectivity index (χ0) is 19.4. The summed E-state index contributed by atoms with van der Waals surface area (Å²) in [5.74, 6) is 0.141. The maximum atomic E-state index is 12.5. The maximum Gasteiger partial charge on any atom is 0.347 e. The minimum Gasteiger partial charge on any atom is -0.387 e. The second kappa shape index (κ2) is 8.43. The van der Waals surface area contributed by atoms with Crippen molar-refractivity contribution in [2.24, 2.45) is 5.92 Å². The first-order chi connectivity index (χ1) is 13.0. The number of rotatable bonds is 5. The monoisotopic (exact) mass is 370 g/mol. The molecule has 27 heavy (non-hydrogen) atoms. The lowest BCUT2D eigenvalue weighted by Gasteiger charge is -2.34. The molecule has 1 aliphatic heterocycles. The topological polar surface area (TPSA) is 88.3 Å². The highest BCUT2D eigenvalue weighted by Crippen LogP contribution is 2.29. The lowest BCUT2D eigenvalue weighted by atomic mass is 9.89. The molecule has 7 nitrogen and oxygen atoms in total. The van der Waals surface area contributed by atoms with E-state index in [9.17, 15) is 14.7 Å². The van der Waals surface area contributed by atoms with Gasteiger partial charge in [0.2, 0.25) is 5.91 Å². The largest absolute Gasteiger partial charge is 0.387 e. The van der Waals surface area contributed by atoms with Crippen molar-refractivity contribution < 1.29 is 9.90 Å². The lowest BCUT2D eigenvalue weighted by Crippen LogP contribution is -2.40. The molecule has 0 radical (unpaired) electrons. The Labute approximate surface area is 158 Å². The van der Waals surface area contributed by atoms with Crippen LogP contribution >= 0.6 is 0 Å². The van der Waals surface area contributed by atoms with Gasteiger partial charge in [0, 0.05) is 43.6 Å². The number of pyridine rings is 1. The molecular formula is C20H26N4O3. The van der Waals surface area contributed by atoms with Crippen molar-refractivity contribution in [3.8, 4) is 0 Å². The van der Waals surface area contributed by atoms with Crippen LogP contribution in [-0.2, 0) is 11.3 Å².